The number of hydrogen-bond donors (Lipinski definition) is 0. The average Bonchev–Trinajstić information content (AvgIpc) is 1.59. The first kappa shape index (κ1) is 99.6. The van der Waals surface area contributed by atoms with Gasteiger partial charge in [-0.2, -0.15) is 11.3 Å². The number of thiophene rings is 1. The molecule has 0 amide bonds. The molecule has 24 rings (SSSR count). The maximum absolute atomic E-state index is 4.54. The number of pyridine rings is 7. The molecule has 0 bridgehead atoms. The SMILES string of the molecule is CC1(C)c2ccccc2-c2c[c-]c(-c3ccccn3)cc21.CC1(C)c2ccccc2-c2c[c-]c(-c3ccccn3)cc21.Cc1cccnc1-c1[c-]cc2c(c1)C(C)(C)c1ccccc1-2.Cc1cccnc1-c1[c-]cc2c(c1)C(C)(C)c1ccccc1-2.[Ir].[Ir].[Ir].[Ir].[Ir].[c-]1ccc2c(sc3ccccc32)c1-c1ccccn1.[c-]1ccccc1-c1ccccn1.[c-]1ccccc1-c1ccccn1. The Morgan fingerprint density at radius 1 is 0.224 bits per heavy atom. The van der Waals surface area contributed by atoms with Gasteiger partial charge in [0.2, 0.25) is 0 Å². The van der Waals surface area contributed by atoms with Gasteiger partial charge in [-0.15, -0.1) is 213 Å². The number of hydrogen-bond acceptors (Lipinski definition) is 8. The molecule has 0 saturated heterocycles. The minimum atomic E-state index is 0. The summed E-state index contributed by atoms with van der Waals surface area (Å²) < 4.78 is 2.58. The Hall–Kier alpha value is -11.8. The summed E-state index contributed by atoms with van der Waals surface area (Å²) in [5.41, 5.74) is 38.5. The van der Waals surface area contributed by atoms with E-state index in [9.17, 15) is 0 Å². The molecule has 0 unspecified atom stereocenters. The van der Waals surface area contributed by atoms with Crippen LogP contribution in [0.5, 0.6) is 0 Å². The van der Waals surface area contributed by atoms with Crippen LogP contribution in [0.15, 0.2) is 389 Å². The summed E-state index contributed by atoms with van der Waals surface area (Å²) in [6, 6.07) is 142. The van der Waals surface area contributed by atoms with E-state index >= 15 is 0 Å². The maximum atomic E-state index is 4.54. The van der Waals surface area contributed by atoms with E-state index in [1.54, 1.807) is 12.4 Å². The van der Waals surface area contributed by atoms with Crippen LogP contribution in [0.4, 0.5) is 0 Å². The number of fused-ring (bicyclic) bond motifs is 15. The van der Waals surface area contributed by atoms with Crippen molar-refractivity contribution in [3.63, 3.8) is 0 Å². The Balaban J connectivity index is 0.000000133. The van der Waals surface area contributed by atoms with Crippen LogP contribution >= 0.6 is 11.3 Å². The van der Waals surface area contributed by atoms with Gasteiger partial charge in [0.25, 0.3) is 0 Å². The van der Waals surface area contributed by atoms with Gasteiger partial charge in [-0.05, 0) is 156 Å². The monoisotopic (exact) mass is 2640 g/mol. The largest absolute Gasteiger partial charge is 0.305 e. The van der Waals surface area contributed by atoms with Crippen molar-refractivity contribution in [2.45, 2.75) is 90.9 Å². The van der Waals surface area contributed by atoms with E-state index in [0.717, 1.165) is 78.8 Å². The Bertz CT molecular complexity index is 6940. The summed E-state index contributed by atoms with van der Waals surface area (Å²) in [5, 5.41) is 2.61. The van der Waals surface area contributed by atoms with E-state index in [-0.39, 0.29) is 122 Å². The van der Waals surface area contributed by atoms with E-state index in [1.807, 2.05) is 200 Å². The van der Waals surface area contributed by atoms with Crippen molar-refractivity contribution in [3.8, 4) is 123 Å². The number of benzene rings is 12. The molecule has 0 aliphatic heterocycles. The number of rotatable bonds is 7. The second kappa shape index (κ2) is 44.1. The van der Waals surface area contributed by atoms with Crippen LogP contribution < -0.4 is 0 Å². The molecule has 13 heteroatoms. The van der Waals surface area contributed by atoms with Gasteiger partial charge in [0, 0.05) is 149 Å². The molecular weight excluding hydrogens is 2540 g/mol. The Labute approximate surface area is 859 Å². The fourth-order valence-electron chi connectivity index (χ4n) is 18.2. The van der Waals surface area contributed by atoms with Gasteiger partial charge >= 0.3 is 0 Å². The maximum Gasteiger partial charge on any atom is 0.0239 e. The fourth-order valence-corrected chi connectivity index (χ4v) is 19.5. The Morgan fingerprint density at radius 2 is 0.522 bits per heavy atom. The molecule has 0 spiro atoms. The standard InChI is InChI=1S/2C21H18N.2C20H16N.C17H10NS.2C11H8N.5Ir/c2*1-14-7-6-12-22-20(14)15-10-11-17-16-8-4-5-9-18(16)21(2,3)19(17)13-15;2*1-20(2)17-8-4-3-7-15(17)16-11-10-14(13-18(16)20)19-9-5-6-12-21-19;1-2-10-16-12(6-1)13-7-5-8-14(17(13)19-16)15-9-3-4-11-18-15;2*1-2-6-10(7-3-1)11-8-4-5-9-12-11;;;;;/h2*4-9,11-13H,1-3H3;2*3-9,11-13H,1-2H3;1-7,9-11H;2*1-6,8-9H;;;;;/q7*-1;;;;;. The number of aryl methyl sites for hydroxylation is 2. The first-order valence-electron chi connectivity index (χ1n) is 43.7. The molecule has 20 aromatic rings. The molecule has 4 aliphatic carbocycles. The molecule has 0 N–H and O–H groups in total. The molecule has 0 atom stereocenters. The fraction of sp³-hybridized carbons (Fsp3) is 0.116. The Kier molecular flexibility index (Phi) is 32.8. The average molecular weight is 2640 g/mol. The van der Waals surface area contributed by atoms with Crippen LogP contribution in [0.1, 0.15) is 111 Å². The summed E-state index contributed by atoms with van der Waals surface area (Å²) in [7, 11) is 0. The van der Waals surface area contributed by atoms with Crippen LogP contribution in [-0.2, 0) is 122 Å². The van der Waals surface area contributed by atoms with Crippen molar-refractivity contribution in [2.24, 2.45) is 0 Å². The van der Waals surface area contributed by atoms with Gasteiger partial charge in [0.1, 0.15) is 0 Å². The topological polar surface area (TPSA) is 90.2 Å². The summed E-state index contributed by atoms with van der Waals surface area (Å²) >= 11 is 1.81. The quantitative estimate of drug-likeness (QED) is 0.147. The summed E-state index contributed by atoms with van der Waals surface area (Å²) in [4.78, 5) is 30.8. The third-order valence-corrected chi connectivity index (χ3v) is 26.2. The predicted octanol–water partition coefficient (Wildman–Crippen LogP) is 30.0. The third-order valence-electron chi connectivity index (χ3n) is 25.0. The molecule has 4 aliphatic rings. The van der Waals surface area contributed by atoms with Crippen LogP contribution in [0.2, 0.25) is 0 Å². The zero-order valence-electron chi connectivity index (χ0n) is 75.7. The second-order valence-electron chi connectivity index (χ2n) is 34.5. The number of nitrogens with zero attached hydrogens (tertiary/aromatic N) is 7. The molecule has 134 heavy (non-hydrogen) atoms. The minimum Gasteiger partial charge on any atom is -0.305 e. The molecule has 8 aromatic heterocycles. The normalized spacial score (nSPS) is 12.6. The van der Waals surface area contributed by atoms with Crippen molar-refractivity contribution in [2.75, 3.05) is 0 Å². The molecule has 7 nitrogen and oxygen atoms in total. The predicted molar refractivity (Wildman–Crippen MR) is 532 cm³/mol. The van der Waals surface area contributed by atoms with Gasteiger partial charge in [-0.3, -0.25) is 0 Å². The van der Waals surface area contributed by atoms with Gasteiger partial charge < -0.3 is 34.9 Å². The first-order chi connectivity index (χ1) is 62.9. The summed E-state index contributed by atoms with van der Waals surface area (Å²) in [6.07, 6.45) is 12.8. The van der Waals surface area contributed by atoms with E-state index in [2.05, 4.69) is 335 Å². The van der Waals surface area contributed by atoms with Crippen LogP contribution in [0.25, 0.3) is 143 Å². The zero-order chi connectivity index (χ0) is 88.6. The first-order valence-corrected chi connectivity index (χ1v) is 44.5. The molecule has 0 fully saturated rings. The van der Waals surface area contributed by atoms with E-state index in [1.165, 1.54) is 120 Å². The summed E-state index contributed by atoms with van der Waals surface area (Å²) in [6.45, 7) is 22.6. The minimum absolute atomic E-state index is 0. The van der Waals surface area contributed by atoms with Crippen LogP contribution in [0.3, 0.4) is 0 Å². The van der Waals surface area contributed by atoms with Crippen LogP contribution in [-0.4, -0.2) is 34.9 Å². The molecular formula is C121H94Ir5N7S-7. The van der Waals surface area contributed by atoms with Crippen molar-refractivity contribution in [1.82, 2.24) is 34.9 Å². The molecule has 12 aromatic carbocycles. The van der Waals surface area contributed by atoms with Crippen molar-refractivity contribution >= 4 is 31.5 Å². The van der Waals surface area contributed by atoms with Gasteiger partial charge in [0.15, 0.2) is 0 Å². The molecule has 5 radical (unpaired) electrons. The van der Waals surface area contributed by atoms with Gasteiger partial charge in [0.05, 0.1) is 0 Å². The van der Waals surface area contributed by atoms with E-state index in [4.69, 9.17) is 0 Å². The molecule has 8 heterocycles. The summed E-state index contributed by atoms with van der Waals surface area (Å²) in [5.74, 6) is 0. The second-order valence-corrected chi connectivity index (χ2v) is 35.6. The van der Waals surface area contributed by atoms with Crippen LogP contribution in [0, 0.1) is 56.3 Å². The van der Waals surface area contributed by atoms with Gasteiger partial charge in [-0.1, -0.05) is 304 Å². The van der Waals surface area contributed by atoms with Crippen molar-refractivity contribution in [1.29, 1.82) is 0 Å². The van der Waals surface area contributed by atoms with E-state index < -0.39 is 0 Å². The van der Waals surface area contributed by atoms with E-state index in [0.29, 0.717) is 0 Å². The Morgan fingerprint density at radius 3 is 0.858 bits per heavy atom. The van der Waals surface area contributed by atoms with Crippen molar-refractivity contribution in [3.05, 3.63) is 487 Å². The van der Waals surface area contributed by atoms with Crippen molar-refractivity contribution < 1.29 is 101 Å². The van der Waals surface area contributed by atoms with Gasteiger partial charge in [-0.25, -0.2) is 0 Å². The molecule has 0 saturated carbocycles. The smallest absolute Gasteiger partial charge is 0.0239 e. The number of aromatic nitrogens is 7. The zero-order valence-corrected chi connectivity index (χ0v) is 88.4. The molecule has 671 valence electrons. The third kappa shape index (κ3) is 20.7.